The molecule has 1 aliphatic heterocycles. The van der Waals surface area contributed by atoms with Gasteiger partial charge in [-0.25, -0.2) is 28.6 Å². The van der Waals surface area contributed by atoms with Crippen LogP contribution in [0.5, 0.6) is 0 Å². The van der Waals surface area contributed by atoms with Gasteiger partial charge in [0, 0.05) is 0 Å². The highest BCUT2D eigenvalue weighted by Crippen LogP contribution is 2.66. The molecule has 31 heavy (non-hydrogen) atoms. The van der Waals surface area contributed by atoms with Crippen molar-refractivity contribution >= 4 is 52.0 Å². The molecular weight excluding hydrogens is 491 g/mol. The quantitative estimate of drug-likeness (QED) is 0.209. The van der Waals surface area contributed by atoms with E-state index in [1.807, 2.05) is 0 Å². The van der Waals surface area contributed by atoms with Crippen LogP contribution in [0, 0.1) is 0 Å². The highest BCUT2D eigenvalue weighted by Gasteiger charge is 2.46. The number of Topliss-reactive ketones (excluding diaryl/α,β-unsaturated/α-hetero) is 2. The van der Waals surface area contributed by atoms with Crippen LogP contribution in [0.3, 0.4) is 0 Å². The van der Waals surface area contributed by atoms with Gasteiger partial charge in [-0.2, -0.15) is 8.62 Å². The Morgan fingerprint density at radius 1 is 1.03 bits per heavy atom. The summed E-state index contributed by atoms with van der Waals surface area (Å²) in [5, 5.41) is 0. The number of ketones is 2. The number of aromatic nitrogens is 4. The number of nitrogen functional groups attached to an aromatic ring is 1. The Morgan fingerprint density at radius 2 is 1.71 bits per heavy atom. The number of fused-ring (bicyclic) bond motifs is 1. The maximum absolute atomic E-state index is 12.2. The zero-order valence-corrected chi connectivity index (χ0v) is 17.4. The number of ether oxygens (including phenoxy) is 1. The summed E-state index contributed by atoms with van der Waals surface area (Å²) in [6, 6.07) is 0. The third kappa shape index (κ3) is 5.46. The Bertz CT molecular complexity index is 1190. The first kappa shape index (κ1) is 23.7. The van der Waals surface area contributed by atoms with Gasteiger partial charge in [-0.3, -0.25) is 18.7 Å². The van der Waals surface area contributed by atoms with E-state index in [0.29, 0.717) is 0 Å². The maximum atomic E-state index is 12.2. The van der Waals surface area contributed by atoms with Crippen molar-refractivity contribution in [2.24, 2.45) is 0 Å². The monoisotopic (exact) mass is 503 g/mol. The molecule has 0 aliphatic carbocycles. The molecule has 1 fully saturated rings. The van der Waals surface area contributed by atoms with Gasteiger partial charge in [0.05, 0.1) is 12.9 Å². The van der Waals surface area contributed by atoms with Gasteiger partial charge < -0.3 is 30.0 Å². The lowest BCUT2D eigenvalue weighted by molar-refractivity contribution is -0.136. The minimum Gasteiger partial charge on any atom is -0.382 e. The van der Waals surface area contributed by atoms with Crippen LogP contribution >= 0.6 is 23.5 Å². The molecule has 0 saturated carbocycles. The summed E-state index contributed by atoms with van der Waals surface area (Å²) in [4.78, 5) is 71.3. The summed E-state index contributed by atoms with van der Waals surface area (Å²) in [5.41, 5.74) is 5.79. The van der Waals surface area contributed by atoms with E-state index in [0.717, 1.165) is 17.2 Å². The Balaban J connectivity index is 1.71. The second-order valence-corrected chi connectivity index (χ2v) is 10.1. The fraction of sp³-hybridized carbons (Fsp3) is 0.300. The second-order valence-electron chi connectivity index (χ2n) is 5.68. The van der Waals surface area contributed by atoms with Gasteiger partial charge in [-0.05, 0) is 0 Å². The fourth-order valence-electron chi connectivity index (χ4n) is 2.37. The Hall–Kier alpha value is -1.94. The number of phosphoric acid groups is 3. The van der Waals surface area contributed by atoms with E-state index >= 15 is 0 Å². The van der Waals surface area contributed by atoms with Crippen LogP contribution < -0.4 is 5.73 Å². The average Bonchev–Trinajstić information content (AvgIpc) is 3.13. The number of phosphoric ester groups is 1. The number of hydrogen-bond acceptors (Lipinski definition) is 13. The van der Waals surface area contributed by atoms with Gasteiger partial charge in [-0.1, -0.05) is 0 Å². The van der Waals surface area contributed by atoms with Crippen LogP contribution in [-0.4, -0.2) is 63.4 Å². The molecule has 6 N–H and O–H groups in total. The summed E-state index contributed by atoms with van der Waals surface area (Å²) >= 11 is 0. The van der Waals surface area contributed by atoms with Crippen LogP contribution in [0.25, 0.3) is 11.2 Å². The summed E-state index contributed by atoms with van der Waals surface area (Å²) in [6.07, 6.45) is -1.17. The molecular formula is C10H12N5O13P3. The van der Waals surface area contributed by atoms with Gasteiger partial charge in [-0.15, -0.1) is 0 Å². The normalized spacial score (nSPS) is 23.7. The van der Waals surface area contributed by atoms with E-state index in [4.69, 9.17) is 25.2 Å². The predicted molar refractivity (Wildman–Crippen MR) is 93.5 cm³/mol. The van der Waals surface area contributed by atoms with Crippen molar-refractivity contribution in [3.05, 3.63) is 12.7 Å². The standard InChI is InChI=1S/C10H12N5O13P3/c11-8-5-9(13-2-12-8)15(3-14-5)10-7(17)6(16)4(26-10)1-25-30(21,22)28-31(23,24)27-29(18,19)20/h2-4,10H,1H2,(H,21,22)(H,23,24)(H2,11,12,13)(H2,18,19,20)/t4-,10-/m1/s1. The van der Waals surface area contributed by atoms with Crippen molar-refractivity contribution in [1.82, 2.24) is 19.5 Å². The van der Waals surface area contributed by atoms with Crippen molar-refractivity contribution in [3.8, 4) is 0 Å². The van der Waals surface area contributed by atoms with Gasteiger partial charge >= 0.3 is 23.5 Å². The molecule has 3 rings (SSSR count). The lowest BCUT2D eigenvalue weighted by atomic mass is 10.2. The summed E-state index contributed by atoms with van der Waals surface area (Å²) in [5.74, 6) is -2.30. The Kier molecular flexibility index (Phi) is 6.27. The Labute approximate surface area is 170 Å². The van der Waals surface area contributed by atoms with Gasteiger partial charge in [0.2, 0.25) is 12.0 Å². The van der Waals surface area contributed by atoms with E-state index in [9.17, 15) is 28.2 Å². The van der Waals surface area contributed by atoms with Crippen molar-refractivity contribution < 1.29 is 60.7 Å². The van der Waals surface area contributed by atoms with Crippen LogP contribution in [-0.2, 0) is 41.2 Å². The van der Waals surface area contributed by atoms with Crippen molar-refractivity contribution in [2.45, 2.75) is 12.3 Å². The van der Waals surface area contributed by atoms with Gasteiger partial charge in [0.1, 0.15) is 11.8 Å². The van der Waals surface area contributed by atoms with E-state index in [2.05, 4.69) is 28.1 Å². The number of carbonyl (C=O) groups excluding carboxylic acids is 2. The molecule has 0 aromatic carbocycles. The average molecular weight is 503 g/mol. The third-order valence-corrected chi connectivity index (χ3v) is 7.30. The lowest BCUT2D eigenvalue weighted by Gasteiger charge is -2.17. The molecule has 4 atom stereocenters. The van der Waals surface area contributed by atoms with Gasteiger partial charge in [0.25, 0.3) is 5.78 Å². The first-order valence-corrected chi connectivity index (χ1v) is 12.2. The van der Waals surface area contributed by atoms with Gasteiger partial charge in [0.15, 0.2) is 17.6 Å². The zero-order valence-electron chi connectivity index (χ0n) is 14.7. The Morgan fingerprint density at radius 3 is 2.35 bits per heavy atom. The molecule has 0 amide bonds. The van der Waals surface area contributed by atoms with E-state index < -0.39 is 54.0 Å². The molecule has 0 spiro atoms. The minimum atomic E-state index is -5.74. The van der Waals surface area contributed by atoms with E-state index in [1.165, 1.54) is 0 Å². The number of imidazole rings is 1. The minimum absolute atomic E-state index is 0.00951. The van der Waals surface area contributed by atoms with E-state index in [-0.39, 0.29) is 17.0 Å². The summed E-state index contributed by atoms with van der Waals surface area (Å²) < 4.78 is 51.2. The van der Waals surface area contributed by atoms with Crippen LogP contribution in [0.2, 0.25) is 0 Å². The highest BCUT2D eigenvalue weighted by molar-refractivity contribution is 7.66. The first-order valence-electron chi connectivity index (χ1n) is 7.64. The maximum Gasteiger partial charge on any atom is 0.490 e. The number of carbonyl (C=O) groups is 2. The smallest absolute Gasteiger partial charge is 0.382 e. The van der Waals surface area contributed by atoms with Crippen molar-refractivity contribution in [3.63, 3.8) is 0 Å². The second kappa shape index (κ2) is 8.20. The van der Waals surface area contributed by atoms with Crippen LogP contribution in [0.1, 0.15) is 6.23 Å². The van der Waals surface area contributed by atoms with E-state index in [1.54, 1.807) is 0 Å². The third-order valence-electron chi connectivity index (χ3n) is 3.50. The van der Waals surface area contributed by atoms with Crippen LogP contribution in [0.15, 0.2) is 12.7 Å². The van der Waals surface area contributed by atoms with Crippen molar-refractivity contribution in [1.29, 1.82) is 0 Å². The largest absolute Gasteiger partial charge is 0.490 e. The highest BCUT2D eigenvalue weighted by atomic mass is 31.3. The number of rotatable bonds is 8. The number of nitrogens with two attached hydrogens (primary N) is 1. The molecule has 0 radical (unpaired) electrons. The molecule has 18 nitrogen and oxygen atoms in total. The molecule has 2 unspecified atom stereocenters. The number of anilines is 1. The number of hydrogen-bond donors (Lipinski definition) is 5. The molecule has 2 aromatic heterocycles. The van der Waals surface area contributed by atoms with Crippen LogP contribution in [0.4, 0.5) is 5.82 Å². The zero-order chi connectivity index (χ0) is 23.2. The SMILES string of the molecule is Nc1ncnc2c1ncn2[C@@H]1O[C@H](COP(=O)(O)OP(=O)(O)OP(=O)(O)O)C(=O)C1=O. The number of nitrogens with zero attached hydrogens (tertiary/aromatic N) is 4. The lowest BCUT2D eigenvalue weighted by Crippen LogP contribution is -2.24. The molecule has 0 bridgehead atoms. The molecule has 170 valence electrons. The molecule has 1 aliphatic rings. The summed E-state index contributed by atoms with van der Waals surface area (Å²) in [7, 11) is -16.8. The summed E-state index contributed by atoms with van der Waals surface area (Å²) in [6.45, 7) is -1.12. The molecule has 1 saturated heterocycles. The fourth-order valence-corrected chi connectivity index (χ4v) is 5.39. The van der Waals surface area contributed by atoms with Crippen molar-refractivity contribution in [2.75, 3.05) is 12.3 Å². The predicted octanol–water partition coefficient (Wildman–Crippen LogP) is -1.21. The molecule has 21 heteroatoms. The topological polar surface area (TPSA) is 273 Å². The first-order chi connectivity index (χ1) is 14.2. The molecule has 3 heterocycles. The molecule has 2 aromatic rings.